The quantitative estimate of drug-likeness (QED) is 0.845. The van der Waals surface area contributed by atoms with Crippen LogP contribution in [0.5, 0.6) is 0 Å². The number of aromatic nitrogens is 2. The Labute approximate surface area is 109 Å². The summed E-state index contributed by atoms with van der Waals surface area (Å²) >= 11 is 0. The summed E-state index contributed by atoms with van der Waals surface area (Å²) < 4.78 is 2.20. The molecule has 0 saturated heterocycles. The average Bonchev–Trinajstić information content (AvgIpc) is 2.89. The van der Waals surface area contributed by atoms with E-state index < -0.39 is 0 Å². The van der Waals surface area contributed by atoms with Crippen LogP contribution in [0.2, 0.25) is 0 Å². The lowest BCUT2D eigenvalue weighted by Gasteiger charge is -2.17. The van der Waals surface area contributed by atoms with Gasteiger partial charge in [-0.2, -0.15) is 0 Å². The van der Waals surface area contributed by atoms with Crippen LogP contribution in [0.1, 0.15) is 30.8 Å². The topological polar surface area (TPSA) is 29.9 Å². The third kappa shape index (κ3) is 2.99. The first-order chi connectivity index (χ1) is 8.85. The SMILES string of the molecule is CCn1ccnc1C(CCc1ccccc1)NC. The summed E-state index contributed by atoms with van der Waals surface area (Å²) in [6.07, 6.45) is 6.06. The van der Waals surface area contributed by atoms with E-state index in [0.717, 1.165) is 25.2 Å². The lowest BCUT2D eigenvalue weighted by atomic mass is 10.0. The van der Waals surface area contributed by atoms with E-state index in [9.17, 15) is 0 Å². The fourth-order valence-corrected chi connectivity index (χ4v) is 2.26. The Morgan fingerprint density at radius 1 is 1.28 bits per heavy atom. The standard InChI is InChI=1S/C15H21N3/c1-3-18-12-11-17-15(18)14(16-2)10-9-13-7-5-4-6-8-13/h4-8,11-12,14,16H,3,9-10H2,1-2H3. The first-order valence-corrected chi connectivity index (χ1v) is 6.57. The zero-order valence-corrected chi connectivity index (χ0v) is 11.1. The molecule has 18 heavy (non-hydrogen) atoms. The van der Waals surface area contributed by atoms with E-state index in [2.05, 4.69) is 52.1 Å². The second-order valence-electron chi connectivity index (χ2n) is 4.44. The van der Waals surface area contributed by atoms with Crippen LogP contribution >= 0.6 is 0 Å². The summed E-state index contributed by atoms with van der Waals surface area (Å²) in [7, 11) is 2.00. The van der Waals surface area contributed by atoms with Gasteiger partial charge in [-0.3, -0.25) is 0 Å². The van der Waals surface area contributed by atoms with Crippen molar-refractivity contribution in [1.29, 1.82) is 0 Å². The molecular formula is C15H21N3. The fraction of sp³-hybridized carbons (Fsp3) is 0.400. The van der Waals surface area contributed by atoms with E-state index in [0.29, 0.717) is 6.04 Å². The Hall–Kier alpha value is -1.61. The van der Waals surface area contributed by atoms with Gasteiger partial charge in [-0.25, -0.2) is 4.98 Å². The van der Waals surface area contributed by atoms with Crippen molar-refractivity contribution in [3.8, 4) is 0 Å². The first-order valence-electron chi connectivity index (χ1n) is 6.57. The van der Waals surface area contributed by atoms with Gasteiger partial charge in [0.05, 0.1) is 6.04 Å². The van der Waals surface area contributed by atoms with E-state index in [4.69, 9.17) is 0 Å². The third-order valence-corrected chi connectivity index (χ3v) is 3.31. The number of benzene rings is 1. The molecule has 0 fully saturated rings. The van der Waals surface area contributed by atoms with Crippen molar-refractivity contribution in [3.05, 3.63) is 54.1 Å². The zero-order valence-electron chi connectivity index (χ0n) is 11.1. The van der Waals surface area contributed by atoms with Crippen molar-refractivity contribution < 1.29 is 0 Å². The molecule has 0 aliphatic carbocycles. The second kappa shape index (κ2) is 6.36. The van der Waals surface area contributed by atoms with Crippen LogP contribution in [0.4, 0.5) is 0 Å². The highest BCUT2D eigenvalue weighted by Gasteiger charge is 2.14. The van der Waals surface area contributed by atoms with Gasteiger partial charge in [0, 0.05) is 18.9 Å². The molecule has 3 heteroatoms. The highest BCUT2D eigenvalue weighted by molar-refractivity contribution is 5.15. The Balaban J connectivity index is 2.02. The lowest BCUT2D eigenvalue weighted by Crippen LogP contribution is -2.21. The zero-order chi connectivity index (χ0) is 12.8. The largest absolute Gasteiger partial charge is 0.334 e. The maximum Gasteiger partial charge on any atom is 0.125 e. The molecule has 0 spiro atoms. The van der Waals surface area contributed by atoms with Crippen LogP contribution in [-0.4, -0.2) is 16.6 Å². The molecule has 0 aliphatic heterocycles. The van der Waals surface area contributed by atoms with Gasteiger partial charge in [0.1, 0.15) is 5.82 Å². The molecule has 2 rings (SSSR count). The van der Waals surface area contributed by atoms with Crippen LogP contribution in [-0.2, 0) is 13.0 Å². The maximum atomic E-state index is 4.47. The van der Waals surface area contributed by atoms with Gasteiger partial charge < -0.3 is 9.88 Å². The molecule has 0 radical (unpaired) electrons. The number of rotatable bonds is 6. The van der Waals surface area contributed by atoms with Gasteiger partial charge in [-0.05, 0) is 32.4 Å². The number of nitrogens with one attached hydrogen (secondary N) is 1. The summed E-state index contributed by atoms with van der Waals surface area (Å²) in [5.41, 5.74) is 1.38. The fourth-order valence-electron chi connectivity index (χ4n) is 2.26. The maximum absolute atomic E-state index is 4.47. The monoisotopic (exact) mass is 243 g/mol. The predicted molar refractivity (Wildman–Crippen MR) is 74.5 cm³/mol. The Morgan fingerprint density at radius 3 is 2.72 bits per heavy atom. The average molecular weight is 243 g/mol. The van der Waals surface area contributed by atoms with Crippen LogP contribution in [0, 0.1) is 0 Å². The smallest absolute Gasteiger partial charge is 0.125 e. The van der Waals surface area contributed by atoms with Crippen LogP contribution < -0.4 is 5.32 Å². The van der Waals surface area contributed by atoms with Crippen molar-refractivity contribution >= 4 is 0 Å². The minimum Gasteiger partial charge on any atom is -0.334 e. The van der Waals surface area contributed by atoms with Crippen LogP contribution in [0.25, 0.3) is 0 Å². The van der Waals surface area contributed by atoms with Gasteiger partial charge in [-0.1, -0.05) is 30.3 Å². The molecule has 1 atom stereocenters. The van der Waals surface area contributed by atoms with Crippen molar-refractivity contribution in [3.63, 3.8) is 0 Å². The third-order valence-electron chi connectivity index (χ3n) is 3.31. The van der Waals surface area contributed by atoms with E-state index in [-0.39, 0.29) is 0 Å². The molecule has 1 aromatic heterocycles. The highest BCUT2D eigenvalue weighted by Crippen LogP contribution is 2.17. The normalized spacial score (nSPS) is 12.6. The summed E-state index contributed by atoms with van der Waals surface area (Å²) in [5, 5.41) is 3.37. The van der Waals surface area contributed by atoms with Gasteiger partial charge >= 0.3 is 0 Å². The Kier molecular flexibility index (Phi) is 4.53. The molecule has 96 valence electrons. The number of aryl methyl sites for hydroxylation is 2. The summed E-state index contributed by atoms with van der Waals surface area (Å²) in [6.45, 7) is 3.12. The van der Waals surface area contributed by atoms with Crippen LogP contribution in [0.15, 0.2) is 42.7 Å². The summed E-state index contributed by atoms with van der Waals surface area (Å²) in [5.74, 6) is 1.14. The van der Waals surface area contributed by atoms with E-state index in [1.54, 1.807) is 0 Å². The van der Waals surface area contributed by atoms with Crippen molar-refractivity contribution in [1.82, 2.24) is 14.9 Å². The molecule has 0 amide bonds. The highest BCUT2D eigenvalue weighted by atomic mass is 15.1. The number of hydrogen-bond donors (Lipinski definition) is 1. The van der Waals surface area contributed by atoms with Crippen molar-refractivity contribution in [2.24, 2.45) is 0 Å². The Bertz CT molecular complexity index is 462. The predicted octanol–water partition coefficient (Wildman–Crippen LogP) is 2.80. The molecule has 1 N–H and O–H groups in total. The minimum atomic E-state index is 0.320. The summed E-state index contributed by atoms with van der Waals surface area (Å²) in [6, 6.07) is 10.9. The molecule has 2 aromatic rings. The minimum absolute atomic E-state index is 0.320. The molecule has 1 aromatic carbocycles. The summed E-state index contributed by atoms with van der Waals surface area (Å²) in [4.78, 5) is 4.47. The molecule has 1 heterocycles. The molecule has 3 nitrogen and oxygen atoms in total. The van der Waals surface area contributed by atoms with Gasteiger partial charge in [0.15, 0.2) is 0 Å². The molecule has 0 aliphatic rings. The van der Waals surface area contributed by atoms with E-state index in [1.165, 1.54) is 5.56 Å². The molecular weight excluding hydrogens is 222 g/mol. The Morgan fingerprint density at radius 2 is 2.06 bits per heavy atom. The second-order valence-corrected chi connectivity index (χ2v) is 4.44. The molecule has 0 saturated carbocycles. The van der Waals surface area contributed by atoms with E-state index in [1.807, 2.05) is 19.4 Å². The van der Waals surface area contributed by atoms with Gasteiger partial charge in [-0.15, -0.1) is 0 Å². The number of nitrogens with zero attached hydrogens (tertiary/aromatic N) is 2. The van der Waals surface area contributed by atoms with Crippen molar-refractivity contribution in [2.75, 3.05) is 7.05 Å². The molecule has 0 bridgehead atoms. The van der Waals surface area contributed by atoms with Gasteiger partial charge in [0.25, 0.3) is 0 Å². The molecule has 1 unspecified atom stereocenters. The first kappa shape index (κ1) is 12.8. The van der Waals surface area contributed by atoms with Gasteiger partial charge in [0.2, 0.25) is 0 Å². The number of hydrogen-bond acceptors (Lipinski definition) is 2. The number of imidazole rings is 1. The van der Waals surface area contributed by atoms with Crippen LogP contribution in [0.3, 0.4) is 0 Å². The lowest BCUT2D eigenvalue weighted by molar-refractivity contribution is 0.494. The van der Waals surface area contributed by atoms with E-state index >= 15 is 0 Å². The van der Waals surface area contributed by atoms with Crippen molar-refractivity contribution in [2.45, 2.75) is 32.4 Å².